The van der Waals surface area contributed by atoms with Crippen LogP contribution in [0.25, 0.3) is 0 Å². The molecule has 0 bridgehead atoms. The van der Waals surface area contributed by atoms with Gasteiger partial charge in [0.1, 0.15) is 5.75 Å². The number of carbonyl (C=O) groups is 2. The Morgan fingerprint density at radius 3 is 2.57 bits per heavy atom. The standard InChI is InChI=1S/C17H15Cl2NO3/c1-10-6-13(18)8-15(19)17(10)23-9-16(22)20-14-5-3-4-12(7-14)11(2)21/h3-8H,9H2,1-2H3,(H,20,22). The predicted molar refractivity (Wildman–Crippen MR) is 91.8 cm³/mol. The van der Waals surface area contributed by atoms with E-state index < -0.39 is 0 Å². The minimum Gasteiger partial charge on any atom is -0.482 e. The summed E-state index contributed by atoms with van der Waals surface area (Å²) in [6.07, 6.45) is 0. The molecule has 23 heavy (non-hydrogen) atoms. The van der Waals surface area contributed by atoms with Crippen molar-refractivity contribution in [1.82, 2.24) is 0 Å². The van der Waals surface area contributed by atoms with Crippen molar-refractivity contribution in [3.05, 3.63) is 57.6 Å². The molecule has 6 heteroatoms. The Morgan fingerprint density at radius 1 is 1.17 bits per heavy atom. The molecule has 120 valence electrons. The molecule has 0 aromatic heterocycles. The summed E-state index contributed by atoms with van der Waals surface area (Å²) < 4.78 is 5.46. The molecule has 2 aromatic rings. The van der Waals surface area contributed by atoms with Crippen molar-refractivity contribution >= 4 is 40.6 Å². The molecule has 4 nitrogen and oxygen atoms in total. The third-order valence-corrected chi connectivity index (χ3v) is 3.59. The van der Waals surface area contributed by atoms with Gasteiger partial charge in [-0.25, -0.2) is 0 Å². The maximum atomic E-state index is 12.0. The number of rotatable bonds is 5. The summed E-state index contributed by atoms with van der Waals surface area (Å²) in [5.41, 5.74) is 1.81. The van der Waals surface area contributed by atoms with Crippen LogP contribution in [-0.4, -0.2) is 18.3 Å². The van der Waals surface area contributed by atoms with Gasteiger partial charge in [0.15, 0.2) is 12.4 Å². The number of hydrogen-bond acceptors (Lipinski definition) is 3. The number of aryl methyl sites for hydroxylation is 1. The Balaban J connectivity index is 2.01. The molecule has 0 aliphatic carbocycles. The summed E-state index contributed by atoms with van der Waals surface area (Å²) in [5, 5.41) is 3.53. The molecule has 0 radical (unpaired) electrons. The molecule has 2 aromatic carbocycles. The van der Waals surface area contributed by atoms with Gasteiger partial charge in [0.05, 0.1) is 5.02 Å². The summed E-state index contributed by atoms with van der Waals surface area (Å²) in [4.78, 5) is 23.3. The largest absolute Gasteiger partial charge is 0.482 e. The summed E-state index contributed by atoms with van der Waals surface area (Å²) in [7, 11) is 0. The molecular formula is C17H15Cl2NO3. The molecule has 0 unspecified atom stereocenters. The number of carbonyl (C=O) groups excluding carboxylic acids is 2. The van der Waals surface area contributed by atoms with Gasteiger partial charge in [0, 0.05) is 16.3 Å². The molecule has 0 saturated carbocycles. The topological polar surface area (TPSA) is 55.4 Å². The van der Waals surface area contributed by atoms with Gasteiger partial charge in [0.25, 0.3) is 5.91 Å². The van der Waals surface area contributed by atoms with Crippen LogP contribution < -0.4 is 10.1 Å². The Labute approximate surface area is 144 Å². The lowest BCUT2D eigenvalue weighted by atomic mass is 10.1. The molecule has 0 atom stereocenters. The normalized spacial score (nSPS) is 10.3. The molecule has 0 spiro atoms. The summed E-state index contributed by atoms with van der Waals surface area (Å²) >= 11 is 11.9. The van der Waals surface area contributed by atoms with E-state index in [2.05, 4.69) is 5.32 Å². The molecule has 0 aliphatic heterocycles. The third-order valence-electron chi connectivity index (χ3n) is 3.09. The number of hydrogen-bond donors (Lipinski definition) is 1. The highest BCUT2D eigenvalue weighted by atomic mass is 35.5. The second-order valence-electron chi connectivity index (χ2n) is 5.01. The minimum absolute atomic E-state index is 0.0686. The number of ketones is 1. The van der Waals surface area contributed by atoms with Gasteiger partial charge >= 0.3 is 0 Å². The highest BCUT2D eigenvalue weighted by Crippen LogP contribution is 2.31. The van der Waals surface area contributed by atoms with E-state index in [0.29, 0.717) is 27.0 Å². The van der Waals surface area contributed by atoms with Gasteiger partial charge in [0.2, 0.25) is 0 Å². The van der Waals surface area contributed by atoms with Crippen molar-refractivity contribution in [2.75, 3.05) is 11.9 Å². The fourth-order valence-electron chi connectivity index (χ4n) is 2.02. The van der Waals surface area contributed by atoms with Gasteiger partial charge in [-0.2, -0.15) is 0 Å². The average molecular weight is 352 g/mol. The lowest BCUT2D eigenvalue weighted by molar-refractivity contribution is -0.118. The molecule has 0 aliphatic rings. The van der Waals surface area contributed by atoms with Crippen molar-refractivity contribution in [3.8, 4) is 5.75 Å². The first-order valence-electron chi connectivity index (χ1n) is 6.86. The zero-order valence-electron chi connectivity index (χ0n) is 12.7. The third kappa shape index (κ3) is 4.71. The highest BCUT2D eigenvalue weighted by molar-refractivity contribution is 6.35. The number of anilines is 1. The van der Waals surface area contributed by atoms with E-state index in [1.807, 2.05) is 0 Å². The molecule has 1 amide bonds. The van der Waals surface area contributed by atoms with Crippen LogP contribution in [-0.2, 0) is 4.79 Å². The second-order valence-corrected chi connectivity index (χ2v) is 5.85. The Bertz CT molecular complexity index is 736. The van der Waals surface area contributed by atoms with E-state index in [1.165, 1.54) is 6.92 Å². The number of amides is 1. The molecular weight excluding hydrogens is 337 g/mol. The zero-order chi connectivity index (χ0) is 17.0. The Morgan fingerprint density at radius 2 is 1.91 bits per heavy atom. The SMILES string of the molecule is CC(=O)c1cccc(NC(=O)COc2c(C)cc(Cl)cc2Cl)c1. The van der Waals surface area contributed by atoms with Gasteiger partial charge in [-0.05, 0) is 43.7 Å². The summed E-state index contributed by atoms with van der Waals surface area (Å²) in [5.74, 6) is 0.000687. The molecule has 0 heterocycles. The Hall–Kier alpha value is -2.04. The van der Waals surface area contributed by atoms with Crippen LogP contribution >= 0.6 is 23.2 Å². The van der Waals surface area contributed by atoms with Crippen molar-refractivity contribution in [2.24, 2.45) is 0 Å². The van der Waals surface area contributed by atoms with Crippen LogP contribution in [0.1, 0.15) is 22.8 Å². The van der Waals surface area contributed by atoms with Crippen molar-refractivity contribution in [2.45, 2.75) is 13.8 Å². The van der Waals surface area contributed by atoms with E-state index in [1.54, 1.807) is 43.3 Å². The number of benzene rings is 2. The zero-order valence-corrected chi connectivity index (χ0v) is 14.2. The van der Waals surface area contributed by atoms with E-state index in [4.69, 9.17) is 27.9 Å². The van der Waals surface area contributed by atoms with Gasteiger partial charge < -0.3 is 10.1 Å². The predicted octanol–water partition coefficient (Wildman–Crippen LogP) is 4.52. The number of halogens is 2. The van der Waals surface area contributed by atoms with Crippen LogP contribution in [0.3, 0.4) is 0 Å². The molecule has 0 saturated heterocycles. The lowest BCUT2D eigenvalue weighted by Gasteiger charge is -2.12. The van der Waals surface area contributed by atoms with E-state index in [0.717, 1.165) is 5.56 Å². The second kappa shape index (κ2) is 7.49. The fraction of sp³-hybridized carbons (Fsp3) is 0.176. The minimum atomic E-state index is -0.351. The first-order chi connectivity index (χ1) is 10.9. The highest BCUT2D eigenvalue weighted by Gasteiger charge is 2.11. The smallest absolute Gasteiger partial charge is 0.262 e. The van der Waals surface area contributed by atoms with Crippen molar-refractivity contribution in [1.29, 1.82) is 0 Å². The molecule has 0 fully saturated rings. The monoisotopic (exact) mass is 351 g/mol. The molecule has 1 N–H and O–H groups in total. The van der Waals surface area contributed by atoms with Crippen LogP contribution in [0, 0.1) is 6.92 Å². The van der Waals surface area contributed by atoms with E-state index in [-0.39, 0.29) is 18.3 Å². The van der Waals surface area contributed by atoms with Gasteiger partial charge in [-0.15, -0.1) is 0 Å². The number of ether oxygens (including phenoxy) is 1. The number of Topliss-reactive ketones (excluding diaryl/α,β-unsaturated/α-hetero) is 1. The van der Waals surface area contributed by atoms with Crippen LogP contribution in [0.4, 0.5) is 5.69 Å². The van der Waals surface area contributed by atoms with Crippen LogP contribution in [0.5, 0.6) is 5.75 Å². The van der Waals surface area contributed by atoms with E-state index in [9.17, 15) is 9.59 Å². The van der Waals surface area contributed by atoms with Gasteiger partial charge in [-0.1, -0.05) is 35.3 Å². The maximum absolute atomic E-state index is 12.0. The average Bonchev–Trinajstić information content (AvgIpc) is 2.46. The summed E-state index contributed by atoms with van der Waals surface area (Å²) in [6.45, 7) is 3.06. The summed E-state index contributed by atoms with van der Waals surface area (Å²) in [6, 6.07) is 9.96. The maximum Gasteiger partial charge on any atom is 0.262 e. The molecule has 2 rings (SSSR count). The quantitative estimate of drug-likeness (QED) is 0.805. The lowest BCUT2D eigenvalue weighted by Crippen LogP contribution is -2.20. The fourth-order valence-corrected chi connectivity index (χ4v) is 2.67. The first-order valence-corrected chi connectivity index (χ1v) is 7.61. The van der Waals surface area contributed by atoms with Gasteiger partial charge in [-0.3, -0.25) is 9.59 Å². The Kier molecular flexibility index (Phi) is 5.64. The van der Waals surface area contributed by atoms with E-state index >= 15 is 0 Å². The first kappa shape index (κ1) is 17.3. The van der Waals surface area contributed by atoms with Crippen molar-refractivity contribution in [3.63, 3.8) is 0 Å². The number of nitrogens with one attached hydrogen (secondary N) is 1. The van der Waals surface area contributed by atoms with Crippen molar-refractivity contribution < 1.29 is 14.3 Å². The van der Waals surface area contributed by atoms with Crippen LogP contribution in [0.15, 0.2) is 36.4 Å². The van der Waals surface area contributed by atoms with Crippen LogP contribution in [0.2, 0.25) is 10.0 Å².